The minimum atomic E-state index is -0.532. The van der Waals surface area contributed by atoms with Gasteiger partial charge in [0, 0.05) is 23.3 Å². The summed E-state index contributed by atoms with van der Waals surface area (Å²) in [7, 11) is 0. The molecule has 0 heterocycles. The number of nitrogens with two attached hydrogens (primary N) is 1. The van der Waals surface area contributed by atoms with E-state index in [4.69, 9.17) is 5.73 Å². The fourth-order valence-corrected chi connectivity index (χ4v) is 2.18. The highest BCUT2D eigenvalue weighted by Gasteiger charge is 2.18. The summed E-state index contributed by atoms with van der Waals surface area (Å²) in [6.45, 7) is 1.33. The molecule has 0 atom stereocenters. The number of nitrogens with one attached hydrogen (secondary N) is 1. The third kappa shape index (κ3) is 4.69. The van der Waals surface area contributed by atoms with E-state index in [1.54, 1.807) is 30.3 Å². The number of imide groups is 1. The van der Waals surface area contributed by atoms with Gasteiger partial charge in [0.2, 0.25) is 5.91 Å². The second kappa shape index (κ2) is 7.60. The van der Waals surface area contributed by atoms with E-state index in [1.807, 2.05) is 24.3 Å². The van der Waals surface area contributed by atoms with Crippen LogP contribution in [0.4, 0.5) is 16.2 Å². The number of urea groups is 1. The number of nitrogen functional groups attached to an aromatic ring is 1. The van der Waals surface area contributed by atoms with Gasteiger partial charge in [-0.15, -0.1) is 0 Å². The van der Waals surface area contributed by atoms with Gasteiger partial charge in [0.05, 0.1) is 5.69 Å². The third-order valence-corrected chi connectivity index (χ3v) is 3.55. The number of benzene rings is 2. The fraction of sp³-hybridized carbons (Fsp3) is 0.0588. The van der Waals surface area contributed by atoms with Crippen molar-refractivity contribution in [3.05, 3.63) is 64.8 Å². The molecule has 2 aromatic rings. The van der Waals surface area contributed by atoms with Gasteiger partial charge >= 0.3 is 6.03 Å². The SMILES string of the molecule is CC(=O)N(C(=O)N/C=C/c1ccc(Br)cc1)c1ccc(N)cc1. The zero-order valence-electron chi connectivity index (χ0n) is 12.5. The van der Waals surface area contributed by atoms with Gasteiger partial charge in [-0.2, -0.15) is 0 Å². The molecule has 2 rings (SSSR count). The van der Waals surface area contributed by atoms with E-state index in [0.29, 0.717) is 11.4 Å². The predicted octanol–water partition coefficient (Wildman–Crippen LogP) is 3.76. The molecule has 3 amide bonds. The smallest absolute Gasteiger partial charge is 0.332 e. The standard InChI is InChI=1S/C17H16BrN3O2/c1-12(22)21(16-8-6-15(19)7-9-16)17(23)20-11-10-13-2-4-14(18)5-3-13/h2-11H,19H2,1H3,(H,20,23)/b11-10+. The number of halogens is 1. The van der Waals surface area contributed by atoms with E-state index in [2.05, 4.69) is 21.2 Å². The van der Waals surface area contributed by atoms with Crippen molar-refractivity contribution in [2.24, 2.45) is 0 Å². The average molecular weight is 374 g/mol. The van der Waals surface area contributed by atoms with Crippen LogP contribution in [0.2, 0.25) is 0 Å². The lowest BCUT2D eigenvalue weighted by Crippen LogP contribution is -2.40. The summed E-state index contributed by atoms with van der Waals surface area (Å²) in [5.41, 5.74) is 7.56. The molecule has 0 bridgehead atoms. The number of anilines is 2. The molecular formula is C17H16BrN3O2. The summed E-state index contributed by atoms with van der Waals surface area (Å²) in [6.07, 6.45) is 3.24. The van der Waals surface area contributed by atoms with E-state index in [-0.39, 0.29) is 5.91 Å². The minimum Gasteiger partial charge on any atom is -0.399 e. The number of carbonyl (C=O) groups excluding carboxylic acids is 2. The van der Waals surface area contributed by atoms with E-state index >= 15 is 0 Å². The molecule has 0 radical (unpaired) electrons. The third-order valence-electron chi connectivity index (χ3n) is 3.02. The van der Waals surface area contributed by atoms with Crippen molar-refractivity contribution >= 4 is 45.3 Å². The molecule has 0 unspecified atom stereocenters. The molecule has 23 heavy (non-hydrogen) atoms. The highest BCUT2D eigenvalue weighted by molar-refractivity contribution is 9.10. The van der Waals surface area contributed by atoms with Crippen LogP contribution in [0.3, 0.4) is 0 Å². The first-order chi connectivity index (χ1) is 11.0. The maximum absolute atomic E-state index is 12.2. The van der Waals surface area contributed by atoms with Gasteiger partial charge in [-0.25, -0.2) is 9.69 Å². The zero-order chi connectivity index (χ0) is 16.8. The Morgan fingerprint density at radius 2 is 1.70 bits per heavy atom. The molecule has 6 heteroatoms. The molecule has 5 nitrogen and oxygen atoms in total. The second-order valence-corrected chi connectivity index (χ2v) is 5.70. The molecule has 3 N–H and O–H groups in total. The first kappa shape index (κ1) is 16.8. The van der Waals surface area contributed by atoms with Crippen LogP contribution in [0.1, 0.15) is 12.5 Å². The first-order valence-electron chi connectivity index (χ1n) is 6.86. The molecule has 2 aromatic carbocycles. The number of amides is 3. The Morgan fingerprint density at radius 1 is 1.09 bits per heavy atom. The lowest BCUT2D eigenvalue weighted by atomic mass is 10.2. The maximum atomic E-state index is 12.2. The summed E-state index contributed by atoms with van der Waals surface area (Å²) in [4.78, 5) is 25.0. The van der Waals surface area contributed by atoms with E-state index in [9.17, 15) is 9.59 Å². The lowest BCUT2D eigenvalue weighted by molar-refractivity contribution is -0.115. The zero-order valence-corrected chi connectivity index (χ0v) is 14.1. The Hall–Kier alpha value is -2.60. The summed E-state index contributed by atoms with van der Waals surface area (Å²) in [6, 6.07) is 13.6. The van der Waals surface area contributed by atoms with Gasteiger partial charge in [-0.3, -0.25) is 4.79 Å². The van der Waals surface area contributed by atoms with Crippen LogP contribution in [0.25, 0.3) is 6.08 Å². The van der Waals surface area contributed by atoms with E-state index in [0.717, 1.165) is 14.9 Å². The second-order valence-electron chi connectivity index (χ2n) is 4.78. The lowest BCUT2D eigenvalue weighted by Gasteiger charge is -2.18. The largest absolute Gasteiger partial charge is 0.399 e. The highest BCUT2D eigenvalue weighted by atomic mass is 79.9. The van der Waals surface area contributed by atoms with Gasteiger partial charge < -0.3 is 11.1 Å². The van der Waals surface area contributed by atoms with Crippen molar-refractivity contribution in [2.45, 2.75) is 6.92 Å². The molecule has 0 saturated carbocycles. The number of carbonyl (C=O) groups is 2. The summed E-state index contributed by atoms with van der Waals surface area (Å²) in [5, 5.41) is 2.58. The van der Waals surface area contributed by atoms with Crippen molar-refractivity contribution in [2.75, 3.05) is 10.6 Å². The Morgan fingerprint density at radius 3 is 2.26 bits per heavy atom. The quantitative estimate of drug-likeness (QED) is 0.804. The number of hydrogen-bond acceptors (Lipinski definition) is 3. The molecular weight excluding hydrogens is 358 g/mol. The van der Waals surface area contributed by atoms with Gasteiger partial charge in [-0.05, 0) is 48.0 Å². The Labute approximate surface area is 142 Å². The van der Waals surface area contributed by atoms with Crippen LogP contribution in [-0.2, 0) is 4.79 Å². The Kier molecular flexibility index (Phi) is 5.54. The van der Waals surface area contributed by atoms with Crippen LogP contribution < -0.4 is 16.0 Å². The van der Waals surface area contributed by atoms with Crippen LogP contribution in [0, 0.1) is 0 Å². The number of nitrogens with zero attached hydrogens (tertiary/aromatic N) is 1. The molecule has 0 saturated heterocycles. The summed E-state index contributed by atoms with van der Waals surface area (Å²) in [5.74, 6) is -0.385. The predicted molar refractivity (Wildman–Crippen MR) is 95.7 cm³/mol. The van der Waals surface area contributed by atoms with Crippen LogP contribution in [0.15, 0.2) is 59.2 Å². The molecule has 0 aliphatic carbocycles. The molecule has 0 aromatic heterocycles. The molecule has 118 valence electrons. The average Bonchev–Trinajstić information content (AvgIpc) is 2.51. The van der Waals surface area contributed by atoms with Crippen molar-refractivity contribution < 1.29 is 9.59 Å². The molecule has 0 fully saturated rings. The summed E-state index contributed by atoms with van der Waals surface area (Å²) < 4.78 is 0.977. The van der Waals surface area contributed by atoms with E-state index in [1.165, 1.54) is 13.1 Å². The van der Waals surface area contributed by atoms with Gasteiger partial charge in [0.1, 0.15) is 0 Å². The Balaban J connectivity index is 2.08. The highest BCUT2D eigenvalue weighted by Crippen LogP contribution is 2.17. The van der Waals surface area contributed by atoms with Gasteiger partial charge in [0.15, 0.2) is 0 Å². The van der Waals surface area contributed by atoms with Gasteiger partial charge in [-0.1, -0.05) is 28.1 Å². The van der Waals surface area contributed by atoms with Crippen molar-refractivity contribution in [1.82, 2.24) is 5.32 Å². The molecule has 0 aliphatic rings. The van der Waals surface area contributed by atoms with Crippen molar-refractivity contribution in [1.29, 1.82) is 0 Å². The minimum absolute atomic E-state index is 0.385. The Bertz CT molecular complexity index is 725. The monoisotopic (exact) mass is 373 g/mol. The van der Waals surface area contributed by atoms with Crippen molar-refractivity contribution in [3.63, 3.8) is 0 Å². The number of hydrogen-bond donors (Lipinski definition) is 2. The van der Waals surface area contributed by atoms with Gasteiger partial charge in [0.25, 0.3) is 0 Å². The topological polar surface area (TPSA) is 75.4 Å². The van der Waals surface area contributed by atoms with E-state index < -0.39 is 6.03 Å². The fourth-order valence-electron chi connectivity index (χ4n) is 1.91. The molecule has 0 spiro atoms. The number of rotatable bonds is 3. The normalized spacial score (nSPS) is 10.5. The summed E-state index contributed by atoms with van der Waals surface area (Å²) >= 11 is 3.36. The van der Waals surface area contributed by atoms with Crippen LogP contribution >= 0.6 is 15.9 Å². The van der Waals surface area contributed by atoms with Crippen molar-refractivity contribution in [3.8, 4) is 0 Å². The first-order valence-corrected chi connectivity index (χ1v) is 7.65. The maximum Gasteiger partial charge on any atom is 0.332 e. The molecule has 0 aliphatic heterocycles. The van der Waals surface area contributed by atoms with Crippen LogP contribution in [-0.4, -0.2) is 11.9 Å². The van der Waals surface area contributed by atoms with Crippen LogP contribution in [0.5, 0.6) is 0 Å².